The number of aromatic nitrogens is 1. The predicted molar refractivity (Wildman–Crippen MR) is 58.6 cm³/mol. The molecule has 1 aliphatic heterocycles. The zero-order chi connectivity index (χ0) is 11.6. The summed E-state index contributed by atoms with van der Waals surface area (Å²) >= 11 is 0. The van der Waals surface area contributed by atoms with E-state index >= 15 is 0 Å². The number of primary sulfonamides is 1. The Morgan fingerprint density at radius 3 is 2.69 bits per heavy atom. The molecular formula is C9H13N3O3S. The van der Waals surface area contributed by atoms with Crippen molar-refractivity contribution in [1.29, 1.82) is 0 Å². The highest BCUT2D eigenvalue weighted by atomic mass is 32.2. The summed E-state index contributed by atoms with van der Waals surface area (Å²) in [6.07, 6.45) is 1.42. The van der Waals surface area contributed by atoms with Gasteiger partial charge in [-0.3, -0.25) is 0 Å². The summed E-state index contributed by atoms with van der Waals surface area (Å²) in [5.74, 6) is 0. The molecule has 1 aromatic heterocycles. The molecule has 0 amide bonds. The maximum atomic E-state index is 11.4. The molecule has 2 N–H and O–H groups in total. The first kappa shape index (κ1) is 11.3. The van der Waals surface area contributed by atoms with E-state index < -0.39 is 10.0 Å². The fraction of sp³-hybridized carbons (Fsp3) is 0.444. The molecule has 2 rings (SSSR count). The number of nitrogens with two attached hydrogens (primary N) is 1. The minimum atomic E-state index is -3.78. The normalized spacial score (nSPS) is 17.4. The highest BCUT2D eigenvalue weighted by Gasteiger charge is 2.21. The summed E-state index contributed by atoms with van der Waals surface area (Å²) in [4.78, 5) is 5.74. The standard InChI is InChI=1S/C9H13N3O3S/c10-16(13,14)9-8(2-1-3-11-9)12-4-6-15-7-5-12/h1-3H,4-7H2,(H2,10,13,14). The SMILES string of the molecule is NS(=O)(=O)c1ncccc1N1CCOCC1. The monoisotopic (exact) mass is 243 g/mol. The smallest absolute Gasteiger partial charge is 0.257 e. The lowest BCUT2D eigenvalue weighted by Gasteiger charge is -2.29. The Labute approximate surface area is 94.1 Å². The van der Waals surface area contributed by atoms with Gasteiger partial charge in [-0.15, -0.1) is 0 Å². The van der Waals surface area contributed by atoms with Gasteiger partial charge < -0.3 is 9.64 Å². The third-order valence-electron chi connectivity index (χ3n) is 2.37. The molecule has 1 aromatic rings. The summed E-state index contributed by atoms with van der Waals surface area (Å²) < 4.78 is 27.9. The molecule has 0 atom stereocenters. The van der Waals surface area contributed by atoms with Crippen LogP contribution in [-0.4, -0.2) is 39.7 Å². The van der Waals surface area contributed by atoms with Crippen LogP contribution in [0.25, 0.3) is 0 Å². The Bertz CT molecular complexity index is 469. The van der Waals surface area contributed by atoms with Crippen molar-refractivity contribution in [1.82, 2.24) is 4.98 Å². The largest absolute Gasteiger partial charge is 0.378 e. The molecular weight excluding hydrogens is 230 g/mol. The van der Waals surface area contributed by atoms with E-state index in [0.29, 0.717) is 32.0 Å². The molecule has 1 fully saturated rings. The fourth-order valence-corrected chi connectivity index (χ4v) is 2.34. The number of hydrogen-bond acceptors (Lipinski definition) is 5. The van der Waals surface area contributed by atoms with Crippen molar-refractivity contribution < 1.29 is 13.2 Å². The highest BCUT2D eigenvalue weighted by molar-refractivity contribution is 7.89. The molecule has 0 aliphatic carbocycles. The number of anilines is 1. The molecule has 88 valence electrons. The van der Waals surface area contributed by atoms with Crippen molar-refractivity contribution in [2.45, 2.75) is 5.03 Å². The first-order valence-corrected chi connectivity index (χ1v) is 6.44. The first-order chi connectivity index (χ1) is 7.59. The number of rotatable bonds is 2. The molecule has 0 spiro atoms. The third kappa shape index (κ3) is 2.31. The van der Waals surface area contributed by atoms with Gasteiger partial charge in [0.05, 0.1) is 18.9 Å². The fourth-order valence-electron chi connectivity index (χ4n) is 1.65. The number of morpholine rings is 1. The molecule has 0 aromatic carbocycles. The zero-order valence-electron chi connectivity index (χ0n) is 8.67. The summed E-state index contributed by atoms with van der Waals surface area (Å²) in [5, 5.41) is 5.04. The van der Waals surface area contributed by atoms with Gasteiger partial charge >= 0.3 is 0 Å². The van der Waals surface area contributed by atoms with E-state index in [0.717, 1.165) is 0 Å². The molecule has 1 aliphatic rings. The van der Waals surface area contributed by atoms with Gasteiger partial charge in [0.1, 0.15) is 0 Å². The van der Waals surface area contributed by atoms with Crippen LogP contribution in [-0.2, 0) is 14.8 Å². The van der Waals surface area contributed by atoms with E-state index in [1.54, 1.807) is 12.1 Å². The second-order valence-electron chi connectivity index (χ2n) is 3.47. The van der Waals surface area contributed by atoms with Gasteiger partial charge in [-0.25, -0.2) is 18.5 Å². The van der Waals surface area contributed by atoms with Gasteiger partial charge in [0.25, 0.3) is 10.0 Å². The summed E-state index contributed by atoms with van der Waals surface area (Å²) in [6.45, 7) is 2.46. The Morgan fingerprint density at radius 2 is 2.06 bits per heavy atom. The predicted octanol–water partition coefficient (Wildman–Crippen LogP) is -0.434. The average molecular weight is 243 g/mol. The van der Waals surface area contributed by atoms with Crippen LogP contribution in [0, 0.1) is 0 Å². The molecule has 0 radical (unpaired) electrons. The van der Waals surface area contributed by atoms with Crippen molar-refractivity contribution in [2.75, 3.05) is 31.2 Å². The minimum absolute atomic E-state index is 0.0723. The molecule has 0 unspecified atom stereocenters. The van der Waals surface area contributed by atoms with Crippen LogP contribution < -0.4 is 10.0 Å². The van der Waals surface area contributed by atoms with Gasteiger partial charge in [0, 0.05) is 19.3 Å². The average Bonchev–Trinajstić information content (AvgIpc) is 2.29. The van der Waals surface area contributed by atoms with Crippen LogP contribution in [0.15, 0.2) is 23.4 Å². The Hall–Kier alpha value is -1.18. The number of pyridine rings is 1. The number of hydrogen-bond donors (Lipinski definition) is 1. The molecule has 16 heavy (non-hydrogen) atoms. The summed E-state index contributed by atoms with van der Waals surface area (Å²) in [7, 11) is -3.78. The van der Waals surface area contributed by atoms with Gasteiger partial charge in [-0.1, -0.05) is 0 Å². The van der Waals surface area contributed by atoms with Crippen LogP contribution in [0.1, 0.15) is 0 Å². The van der Waals surface area contributed by atoms with Crippen molar-refractivity contribution in [3.05, 3.63) is 18.3 Å². The maximum absolute atomic E-state index is 11.4. The number of nitrogens with zero attached hydrogens (tertiary/aromatic N) is 2. The van der Waals surface area contributed by atoms with E-state index in [4.69, 9.17) is 9.88 Å². The van der Waals surface area contributed by atoms with Crippen LogP contribution in [0.4, 0.5) is 5.69 Å². The summed E-state index contributed by atoms with van der Waals surface area (Å²) in [6, 6.07) is 3.40. The lowest BCUT2D eigenvalue weighted by Crippen LogP contribution is -2.37. The number of sulfonamides is 1. The lowest BCUT2D eigenvalue weighted by atomic mass is 10.3. The van der Waals surface area contributed by atoms with E-state index in [-0.39, 0.29) is 5.03 Å². The van der Waals surface area contributed by atoms with E-state index in [1.165, 1.54) is 6.20 Å². The Morgan fingerprint density at radius 1 is 1.38 bits per heavy atom. The van der Waals surface area contributed by atoms with E-state index in [1.807, 2.05) is 4.90 Å². The van der Waals surface area contributed by atoms with Gasteiger partial charge in [-0.2, -0.15) is 0 Å². The zero-order valence-corrected chi connectivity index (χ0v) is 9.48. The second kappa shape index (κ2) is 4.36. The quantitative estimate of drug-likeness (QED) is 0.761. The molecule has 1 saturated heterocycles. The summed E-state index contributed by atoms with van der Waals surface area (Å²) in [5.41, 5.74) is 0.549. The minimum Gasteiger partial charge on any atom is -0.378 e. The Balaban J connectivity index is 2.40. The van der Waals surface area contributed by atoms with Crippen molar-refractivity contribution in [2.24, 2.45) is 5.14 Å². The van der Waals surface area contributed by atoms with Crippen molar-refractivity contribution in [3.63, 3.8) is 0 Å². The third-order valence-corrected chi connectivity index (χ3v) is 3.23. The first-order valence-electron chi connectivity index (χ1n) is 4.89. The molecule has 0 saturated carbocycles. The highest BCUT2D eigenvalue weighted by Crippen LogP contribution is 2.22. The van der Waals surface area contributed by atoms with Crippen LogP contribution >= 0.6 is 0 Å². The molecule has 6 nitrogen and oxygen atoms in total. The number of ether oxygens (including phenoxy) is 1. The lowest BCUT2D eigenvalue weighted by molar-refractivity contribution is 0.122. The van der Waals surface area contributed by atoms with Crippen LogP contribution in [0.2, 0.25) is 0 Å². The van der Waals surface area contributed by atoms with E-state index in [9.17, 15) is 8.42 Å². The van der Waals surface area contributed by atoms with Gasteiger partial charge in [0.2, 0.25) is 0 Å². The maximum Gasteiger partial charge on any atom is 0.257 e. The second-order valence-corrected chi connectivity index (χ2v) is 4.95. The van der Waals surface area contributed by atoms with Crippen LogP contribution in [0.3, 0.4) is 0 Å². The molecule has 7 heteroatoms. The van der Waals surface area contributed by atoms with Gasteiger partial charge in [0.15, 0.2) is 5.03 Å². The van der Waals surface area contributed by atoms with Gasteiger partial charge in [-0.05, 0) is 12.1 Å². The van der Waals surface area contributed by atoms with E-state index in [2.05, 4.69) is 4.98 Å². The molecule has 0 bridgehead atoms. The topological polar surface area (TPSA) is 85.5 Å². The van der Waals surface area contributed by atoms with Crippen molar-refractivity contribution >= 4 is 15.7 Å². The Kier molecular flexibility index (Phi) is 3.08. The molecule has 2 heterocycles. The van der Waals surface area contributed by atoms with Crippen molar-refractivity contribution in [3.8, 4) is 0 Å². The van der Waals surface area contributed by atoms with Crippen LogP contribution in [0.5, 0.6) is 0 Å².